The molecule has 1 heterocycles. The summed E-state index contributed by atoms with van der Waals surface area (Å²) in [6.07, 6.45) is 2.98. The first-order chi connectivity index (χ1) is 13.7. The van der Waals surface area contributed by atoms with Crippen LogP contribution in [0.15, 0.2) is 23.2 Å². The van der Waals surface area contributed by atoms with Gasteiger partial charge in [0.2, 0.25) is 0 Å². The van der Waals surface area contributed by atoms with Crippen LogP contribution in [-0.2, 0) is 9.47 Å². The van der Waals surface area contributed by atoms with E-state index in [0.29, 0.717) is 12.5 Å². The molecule has 0 bridgehead atoms. The lowest BCUT2D eigenvalue weighted by atomic mass is 10.1. The lowest BCUT2D eigenvalue weighted by Crippen LogP contribution is -2.38. The molecule has 29 heavy (non-hydrogen) atoms. The highest BCUT2D eigenvalue weighted by Crippen LogP contribution is 2.22. The highest BCUT2D eigenvalue weighted by molar-refractivity contribution is 14.0. The highest BCUT2D eigenvalue weighted by Gasteiger charge is 2.15. The number of benzene rings is 1. The second kappa shape index (κ2) is 15.7. The van der Waals surface area contributed by atoms with Crippen LogP contribution in [-0.4, -0.2) is 58.6 Å². The number of rotatable bonds is 12. The van der Waals surface area contributed by atoms with Gasteiger partial charge in [-0.05, 0) is 44.7 Å². The lowest BCUT2D eigenvalue weighted by molar-refractivity contribution is 0.0888. The number of hydrogen-bond acceptors (Lipinski definition) is 4. The number of guanidine groups is 1. The number of ether oxygens (including phenoxy) is 3. The standard InChI is InChI=1S/C22H37N3O3.HI/c1-4-23-22(24-11-6-13-26-16-20-10-15-27-17-20)25-12-7-14-28-21-18(2)8-5-9-19(21)3;/h5,8-9,20H,4,6-7,10-17H2,1-3H3,(H2,23,24,25);1H. The lowest BCUT2D eigenvalue weighted by Gasteiger charge is -2.13. The Bertz CT molecular complexity index is 572. The number of hydrogen-bond donors (Lipinski definition) is 2. The van der Waals surface area contributed by atoms with E-state index in [1.165, 1.54) is 11.1 Å². The Hall–Kier alpha value is -1.06. The Labute approximate surface area is 193 Å². The summed E-state index contributed by atoms with van der Waals surface area (Å²) in [7, 11) is 0. The average Bonchev–Trinajstić information content (AvgIpc) is 3.19. The summed E-state index contributed by atoms with van der Waals surface area (Å²) >= 11 is 0. The SMILES string of the molecule is CCNC(=NCCCOc1c(C)cccc1C)NCCCOCC1CCOC1.I. The van der Waals surface area contributed by atoms with Crippen LogP contribution in [0.2, 0.25) is 0 Å². The zero-order chi connectivity index (χ0) is 20.0. The fourth-order valence-corrected chi connectivity index (χ4v) is 3.14. The smallest absolute Gasteiger partial charge is 0.191 e. The Morgan fingerprint density at radius 2 is 1.97 bits per heavy atom. The molecular weight excluding hydrogens is 481 g/mol. The molecule has 1 aliphatic rings. The summed E-state index contributed by atoms with van der Waals surface area (Å²) in [5.41, 5.74) is 2.36. The van der Waals surface area contributed by atoms with Crippen LogP contribution in [0, 0.1) is 19.8 Å². The maximum atomic E-state index is 5.94. The fourth-order valence-electron chi connectivity index (χ4n) is 3.14. The number of halogens is 1. The molecule has 1 aromatic carbocycles. The summed E-state index contributed by atoms with van der Waals surface area (Å²) in [6, 6.07) is 6.22. The Balaban J connectivity index is 0.00000420. The van der Waals surface area contributed by atoms with Crippen LogP contribution in [0.3, 0.4) is 0 Å². The second-order valence-corrected chi connectivity index (χ2v) is 7.27. The van der Waals surface area contributed by atoms with Crippen molar-refractivity contribution in [1.29, 1.82) is 0 Å². The molecule has 1 fully saturated rings. The minimum atomic E-state index is 0. The van der Waals surface area contributed by atoms with Gasteiger partial charge in [0, 0.05) is 45.2 Å². The molecule has 1 aliphatic heterocycles. The molecule has 0 spiro atoms. The fraction of sp³-hybridized carbons (Fsp3) is 0.682. The molecule has 7 heteroatoms. The Morgan fingerprint density at radius 1 is 1.17 bits per heavy atom. The summed E-state index contributed by atoms with van der Waals surface area (Å²) in [5.74, 6) is 2.44. The van der Waals surface area contributed by atoms with E-state index in [2.05, 4.69) is 54.6 Å². The minimum Gasteiger partial charge on any atom is -0.493 e. The topological polar surface area (TPSA) is 64.1 Å². The van der Waals surface area contributed by atoms with Crippen LogP contribution in [0.5, 0.6) is 5.75 Å². The predicted octanol–water partition coefficient (Wildman–Crippen LogP) is 3.69. The average molecular weight is 519 g/mol. The summed E-state index contributed by atoms with van der Waals surface area (Å²) in [4.78, 5) is 4.63. The van der Waals surface area contributed by atoms with Crippen molar-refractivity contribution in [3.05, 3.63) is 29.3 Å². The monoisotopic (exact) mass is 519 g/mol. The number of para-hydroxylation sites is 1. The second-order valence-electron chi connectivity index (χ2n) is 7.27. The zero-order valence-corrected chi connectivity index (χ0v) is 20.5. The van der Waals surface area contributed by atoms with Crippen molar-refractivity contribution in [2.75, 3.05) is 52.7 Å². The molecule has 2 N–H and O–H groups in total. The molecular formula is C22H38IN3O3. The number of nitrogens with one attached hydrogen (secondary N) is 2. The first kappa shape index (κ1) is 26.0. The summed E-state index contributed by atoms with van der Waals surface area (Å²) < 4.78 is 17.0. The van der Waals surface area contributed by atoms with Crippen LogP contribution < -0.4 is 15.4 Å². The quantitative estimate of drug-likeness (QED) is 0.191. The van der Waals surface area contributed by atoms with Crippen molar-refractivity contribution in [3.8, 4) is 5.75 Å². The molecule has 0 saturated carbocycles. The normalized spacial score (nSPS) is 16.4. The van der Waals surface area contributed by atoms with Gasteiger partial charge in [0.1, 0.15) is 5.75 Å². The molecule has 0 aromatic heterocycles. The number of aliphatic imine (C=N–C) groups is 1. The number of nitrogens with zero attached hydrogens (tertiary/aromatic N) is 1. The van der Waals surface area contributed by atoms with Gasteiger partial charge in [-0.15, -0.1) is 24.0 Å². The van der Waals surface area contributed by atoms with Gasteiger partial charge < -0.3 is 24.8 Å². The van der Waals surface area contributed by atoms with E-state index in [0.717, 1.165) is 77.0 Å². The van der Waals surface area contributed by atoms with E-state index >= 15 is 0 Å². The van der Waals surface area contributed by atoms with Gasteiger partial charge >= 0.3 is 0 Å². The van der Waals surface area contributed by atoms with Gasteiger partial charge in [-0.3, -0.25) is 4.99 Å². The maximum absolute atomic E-state index is 5.94. The predicted molar refractivity (Wildman–Crippen MR) is 130 cm³/mol. The maximum Gasteiger partial charge on any atom is 0.191 e. The Kier molecular flexibility index (Phi) is 14.1. The molecule has 0 radical (unpaired) electrons. The van der Waals surface area contributed by atoms with E-state index in [1.54, 1.807) is 0 Å². The van der Waals surface area contributed by atoms with Crippen molar-refractivity contribution in [1.82, 2.24) is 10.6 Å². The van der Waals surface area contributed by atoms with Gasteiger partial charge in [0.15, 0.2) is 5.96 Å². The van der Waals surface area contributed by atoms with Crippen LogP contribution >= 0.6 is 24.0 Å². The summed E-state index contributed by atoms with van der Waals surface area (Å²) in [5, 5.41) is 6.66. The van der Waals surface area contributed by atoms with Crippen molar-refractivity contribution in [3.63, 3.8) is 0 Å². The zero-order valence-electron chi connectivity index (χ0n) is 18.2. The molecule has 6 nitrogen and oxygen atoms in total. The third kappa shape index (κ3) is 10.5. The molecule has 1 aromatic rings. The molecule has 1 atom stereocenters. The number of aryl methyl sites for hydroxylation is 2. The van der Waals surface area contributed by atoms with Crippen molar-refractivity contribution < 1.29 is 14.2 Å². The minimum absolute atomic E-state index is 0. The molecule has 1 unspecified atom stereocenters. The van der Waals surface area contributed by atoms with E-state index < -0.39 is 0 Å². The molecule has 0 aliphatic carbocycles. The van der Waals surface area contributed by atoms with Crippen LogP contribution in [0.4, 0.5) is 0 Å². The van der Waals surface area contributed by atoms with Gasteiger partial charge in [-0.25, -0.2) is 0 Å². The summed E-state index contributed by atoms with van der Waals surface area (Å²) in [6.45, 7) is 12.7. The van der Waals surface area contributed by atoms with E-state index in [1.807, 2.05) is 0 Å². The van der Waals surface area contributed by atoms with Gasteiger partial charge in [0.05, 0.1) is 19.8 Å². The van der Waals surface area contributed by atoms with Gasteiger partial charge in [-0.2, -0.15) is 0 Å². The van der Waals surface area contributed by atoms with E-state index in [4.69, 9.17) is 14.2 Å². The largest absolute Gasteiger partial charge is 0.493 e. The first-order valence-corrected chi connectivity index (χ1v) is 10.6. The van der Waals surface area contributed by atoms with E-state index in [9.17, 15) is 0 Å². The van der Waals surface area contributed by atoms with Crippen LogP contribution in [0.1, 0.15) is 37.3 Å². The van der Waals surface area contributed by atoms with Gasteiger partial charge in [-0.1, -0.05) is 18.2 Å². The Morgan fingerprint density at radius 3 is 2.66 bits per heavy atom. The molecule has 2 rings (SSSR count). The van der Waals surface area contributed by atoms with E-state index in [-0.39, 0.29) is 24.0 Å². The first-order valence-electron chi connectivity index (χ1n) is 10.6. The third-order valence-electron chi connectivity index (χ3n) is 4.71. The van der Waals surface area contributed by atoms with Crippen molar-refractivity contribution in [2.24, 2.45) is 10.9 Å². The van der Waals surface area contributed by atoms with Crippen molar-refractivity contribution >= 4 is 29.9 Å². The van der Waals surface area contributed by atoms with Gasteiger partial charge in [0.25, 0.3) is 0 Å². The van der Waals surface area contributed by atoms with Crippen molar-refractivity contribution in [2.45, 2.75) is 40.0 Å². The molecule has 0 amide bonds. The molecule has 166 valence electrons. The molecule has 1 saturated heterocycles. The third-order valence-corrected chi connectivity index (χ3v) is 4.71. The van der Waals surface area contributed by atoms with Crippen LogP contribution in [0.25, 0.3) is 0 Å². The highest BCUT2D eigenvalue weighted by atomic mass is 127.